The second-order valence-electron chi connectivity index (χ2n) is 12.8. The van der Waals surface area contributed by atoms with E-state index in [-0.39, 0.29) is 29.3 Å². The van der Waals surface area contributed by atoms with E-state index in [2.05, 4.69) is 10.3 Å². The van der Waals surface area contributed by atoms with Gasteiger partial charge < -0.3 is 24.9 Å². The summed E-state index contributed by atoms with van der Waals surface area (Å²) in [6.45, 7) is 3.25. The summed E-state index contributed by atoms with van der Waals surface area (Å²) in [4.78, 5) is 67.9. The number of aromatic nitrogens is 1. The summed E-state index contributed by atoms with van der Waals surface area (Å²) in [5.41, 5.74) is 2.14. The fraction of sp³-hybridized carbons (Fsp3) is 0.484. The van der Waals surface area contributed by atoms with Crippen LogP contribution in [0.5, 0.6) is 0 Å². The number of hydrogen-bond donors (Lipinski definition) is 3. The number of halogens is 1. The molecule has 0 radical (unpaired) electrons. The van der Waals surface area contributed by atoms with Gasteiger partial charge in [0.1, 0.15) is 12.1 Å². The normalized spacial score (nSPS) is 27.6. The van der Waals surface area contributed by atoms with E-state index in [4.69, 9.17) is 0 Å². The van der Waals surface area contributed by atoms with Crippen LogP contribution in [-0.4, -0.2) is 73.5 Å². The highest BCUT2D eigenvalue weighted by Crippen LogP contribution is 2.53. The molecule has 3 amide bonds. The molecule has 3 aromatic rings. The molecule has 232 valence electrons. The molecule has 0 spiro atoms. The van der Waals surface area contributed by atoms with Crippen molar-refractivity contribution in [1.82, 2.24) is 20.1 Å². The second-order valence-corrected chi connectivity index (χ2v) is 15.5. The van der Waals surface area contributed by atoms with Crippen LogP contribution in [0.15, 0.2) is 42.7 Å². The van der Waals surface area contributed by atoms with Gasteiger partial charge in [-0.3, -0.25) is 23.9 Å². The van der Waals surface area contributed by atoms with Gasteiger partial charge in [0.2, 0.25) is 17.7 Å². The summed E-state index contributed by atoms with van der Waals surface area (Å²) in [5, 5.41) is 3.43. The van der Waals surface area contributed by atoms with Crippen molar-refractivity contribution in [2.45, 2.75) is 69.0 Å². The molecule has 1 unspecified atom stereocenters. The number of hydrogen-bond acceptors (Lipinski definition) is 6. The van der Waals surface area contributed by atoms with Gasteiger partial charge in [0.15, 0.2) is 0 Å². The Hall–Kier alpha value is -3.18. The van der Waals surface area contributed by atoms with Gasteiger partial charge in [0.25, 0.3) is 5.91 Å². The summed E-state index contributed by atoms with van der Waals surface area (Å²) in [5.74, 6) is -2.05. The zero-order chi connectivity index (χ0) is 30.9. The van der Waals surface area contributed by atoms with Crippen molar-refractivity contribution in [2.24, 2.45) is 11.8 Å². The second kappa shape index (κ2) is 11.0. The Labute approximate surface area is 257 Å². The zero-order valence-corrected chi connectivity index (χ0v) is 25.8. The van der Waals surface area contributed by atoms with Crippen LogP contribution in [0.1, 0.15) is 70.3 Å². The minimum absolute atomic E-state index is 0.0192. The van der Waals surface area contributed by atoms with Crippen LogP contribution >= 0.6 is 18.9 Å². The van der Waals surface area contributed by atoms with Crippen molar-refractivity contribution in [3.8, 4) is 0 Å². The lowest BCUT2D eigenvalue weighted by molar-refractivity contribution is -0.149. The Morgan fingerprint density at radius 1 is 1.11 bits per heavy atom. The minimum Gasteiger partial charge on any atom is -0.340 e. The standard InChI is InChI=1S/C31H34FN4O6PS/c1-16-6-7-33-13-23(16)21-14-35(15-21)31(39)25-4-3-22-10-18-9-19(18)11-24(30(38)36(22)25)34-29(37)27-12-20-8-17(2-5-26(20)44-27)28(32)43(40,41)42/h2,5-8,12-13,18-19,21-22,24-25,28H,3-4,9-11,14-15H2,1H3,(H,34,37)(H2,40,41,42)/t18-,19+,22-,24+,25+,28?/m1/s1. The molecular formula is C31H34FN4O6PS. The van der Waals surface area contributed by atoms with E-state index in [0.717, 1.165) is 41.7 Å². The van der Waals surface area contributed by atoms with Crippen LogP contribution in [-0.2, 0) is 14.2 Å². The van der Waals surface area contributed by atoms with Crippen LogP contribution in [0.2, 0.25) is 0 Å². The Morgan fingerprint density at radius 3 is 2.64 bits per heavy atom. The van der Waals surface area contributed by atoms with Crippen molar-refractivity contribution in [3.63, 3.8) is 0 Å². The van der Waals surface area contributed by atoms with Gasteiger partial charge in [-0.25, -0.2) is 4.39 Å². The summed E-state index contributed by atoms with van der Waals surface area (Å²) >= 11 is 1.16. The average Bonchev–Trinajstić information content (AvgIpc) is 3.33. The third-order valence-electron chi connectivity index (χ3n) is 9.87. The molecule has 10 nitrogen and oxygen atoms in total. The number of rotatable bonds is 6. The number of nitrogens with zero attached hydrogens (tertiary/aromatic N) is 3. The molecule has 1 saturated carbocycles. The van der Waals surface area contributed by atoms with E-state index in [1.807, 2.05) is 24.1 Å². The maximum absolute atomic E-state index is 14.3. The van der Waals surface area contributed by atoms with E-state index in [9.17, 15) is 33.1 Å². The first-order valence-electron chi connectivity index (χ1n) is 15.0. The Morgan fingerprint density at radius 2 is 1.89 bits per heavy atom. The van der Waals surface area contributed by atoms with Crippen LogP contribution in [0.25, 0.3) is 10.1 Å². The predicted molar refractivity (Wildman–Crippen MR) is 162 cm³/mol. The van der Waals surface area contributed by atoms with Gasteiger partial charge in [-0.1, -0.05) is 6.07 Å². The van der Waals surface area contributed by atoms with Crippen molar-refractivity contribution in [1.29, 1.82) is 0 Å². The average molecular weight is 641 g/mol. The van der Waals surface area contributed by atoms with Crippen molar-refractivity contribution in [3.05, 3.63) is 64.3 Å². The van der Waals surface area contributed by atoms with Crippen LogP contribution in [0.4, 0.5) is 4.39 Å². The molecule has 1 aromatic carbocycles. The minimum atomic E-state index is -4.97. The number of alkyl halides is 1. The van der Waals surface area contributed by atoms with E-state index < -0.39 is 31.5 Å². The first-order valence-corrected chi connectivity index (χ1v) is 17.5. The lowest BCUT2D eigenvalue weighted by Crippen LogP contribution is -2.59. The van der Waals surface area contributed by atoms with Crippen molar-refractivity contribution >= 4 is 46.7 Å². The molecule has 7 rings (SSSR count). The maximum Gasteiger partial charge on any atom is 0.363 e. The molecule has 3 N–H and O–H groups in total. The molecule has 4 fully saturated rings. The number of aryl methyl sites for hydroxylation is 1. The van der Waals surface area contributed by atoms with E-state index in [1.54, 1.807) is 17.2 Å². The molecule has 44 heavy (non-hydrogen) atoms. The van der Waals surface area contributed by atoms with E-state index in [1.165, 1.54) is 18.2 Å². The summed E-state index contributed by atoms with van der Waals surface area (Å²) < 4.78 is 26.3. The summed E-state index contributed by atoms with van der Waals surface area (Å²) in [6.07, 6.45) is 7.44. The number of nitrogens with one attached hydrogen (secondary N) is 1. The van der Waals surface area contributed by atoms with E-state index >= 15 is 0 Å². The fourth-order valence-corrected chi connectivity index (χ4v) is 8.84. The zero-order valence-electron chi connectivity index (χ0n) is 24.1. The van der Waals surface area contributed by atoms with Gasteiger partial charge >= 0.3 is 7.60 Å². The highest BCUT2D eigenvalue weighted by atomic mass is 32.1. The van der Waals surface area contributed by atoms with Gasteiger partial charge in [0, 0.05) is 42.1 Å². The third-order valence-corrected chi connectivity index (χ3v) is 11.9. The highest BCUT2D eigenvalue weighted by Gasteiger charge is 2.52. The number of benzene rings is 1. The Bertz CT molecular complexity index is 1710. The van der Waals surface area contributed by atoms with Gasteiger partial charge in [-0.2, -0.15) is 0 Å². The lowest BCUT2D eigenvalue weighted by atomic mass is 9.89. The van der Waals surface area contributed by atoms with Gasteiger partial charge in [-0.05, 0) is 97.2 Å². The Kier molecular flexibility index (Phi) is 7.39. The summed E-state index contributed by atoms with van der Waals surface area (Å²) in [7, 11) is -4.97. The molecule has 6 atom stereocenters. The maximum atomic E-state index is 14.3. The molecule has 5 heterocycles. The van der Waals surface area contributed by atoms with Gasteiger partial charge in [0.05, 0.1) is 4.88 Å². The molecule has 2 aromatic heterocycles. The molecule has 4 aliphatic rings. The summed E-state index contributed by atoms with van der Waals surface area (Å²) in [6, 6.07) is 6.38. The third kappa shape index (κ3) is 5.36. The first-order chi connectivity index (χ1) is 21.0. The van der Waals surface area contributed by atoms with E-state index in [0.29, 0.717) is 52.7 Å². The number of pyridine rings is 1. The molecular weight excluding hydrogens is 606 g/mol. The topological polar surface area (TPSA) is 140 Å². The number of carbonyl (C=O) groups is 3. The van der Waals surface area contributed by atoms with Crippen LogP contribution < -0.4 is 5.32 Å². The predicted octanol–water partition coefficient (Wildman–Crippen LogP) is 4.26. The van der Waals surface area contributed by atoms with Crippen LogP contribution in [0, 0.1) is 18.8 Å². The highest BCUT2D eigenvalue weighted by molar-refractivity contribution is 7.51. The number of fused-ring (bicyclic) bond motifs is 3. The smallest absolute Gasteiger partial charge is 0.340 e. The molecule has 13 heteroatoms. The van der Waals surface area contributed by atoms with Crippen molar-refractivity contribution < 1.29 is 33.1 Å². The molecule has 3 aliphatic heterocycles. The van der Waals surface area contributed by atoms with Crippen LogP contribution in [0.3, 0.4) is 0 Å². The quantitative estimate of drug-likeness (QED) is 0.342. The molecule has 1 aliphatic carbocycles. The molecule has 3 saturated heterocycles. The lowest BCUT2D eigenvalue weighted by Gasteiger charge is -2.43. The Balaban J connectivity index is 1.07. The van der Waals surface area contributed by atoms with Gasteiger partial charge in [-0.15, -0.1) is 11.3 Å². The van der Waals surface area contributed by atoms with Crippen molar-refractivity contribution in [2.75, 3.05) is 13.1 Å². The fourth-order valence-electron chi connectivity index (χ4n) is 7.35. The number of thiophene rings is 1. The largest absolute Gasteiger partial charge is 0.363 e. The number of amides is 3. The number of likely N-dealkylation sites (tertiary alicyclic amines) is 1. The number of carbonyl (C=O) groups excluding carboxylic acids is 3. The molecule has 0 bridgehead atoms. The SMILES string of the molecule is Cc1ccncc1C1CN(C(=O)[C@@H]2CC[C@@H]3C[C@H]4C[C@H]4C[C@H](NC(=O)c4cc5cc(C(F)P(=O)(O)O)ccc5s4)C(=O)N32)C1. The first kappa shape index (κ1) is 29.5. The monoisotopic (exact) mass is 640 g/mol.